The van der Waals surface area contributed by atoms with Crippen LogP contribution in [0.3, 0.4) is 0 Å². The van der Waals surface area contributed by atoms with E-state index >= 15 is 0 Å². The largest absolute Gasteiger partial charge is 0.368 e. The molecule has 1 rings (SSSR count). The Balaban J connectivity index is 3.00. The minimum absolute atomic E-state index is 0.164. The average molecular weight is 202 g/mol. The second-order valence-electron chi connectivity index (χ2n) is 1.60. The van der Waals surface area contributed by atoms with E-state index in [4.69, 9.17) is 5.73 Å². The number of nitrogens with two attached hydrogens (primary N) is 1. The van der Waals surface area contributed by atoms with Crippen molar-refractivity contribution in [2.24, 2.45) is 0 Å². The summed E-state index contributed by atoms with van der Waals surface area (Å²) in [6.45, 7) is 0. The van der Waals surface area contributed by atoms with Gasteiger partial charge >= 0.3 is 0 Å². The molecule has 52 valence electrons. The highest BCUT2D eigenvalue weighted by molar-refractivity contribution is 9.18. The van der Waals surface area contributed by atoms with Gasteiger partial charge < -0.3 is 5.73 Å². The predicted octanol–water partition coefficient (Wildman–Crippen LogP) is 0.594. The summed E-state index contributed by atoms with van der Waals surface area (Å²) >= 11 is 2.75. The fraction of sp³-hybridized carbons (Fsp3) is 0. The SMILES string of the molecule is Nc1ncc(C(=O)Br)cn1. The molecule has 2 N–H and O–H groups in total. The van der Waals surface area contributed by atoms with Crippen molar-refractivity contribution < 1.29 is 4.79 Å². The lowest BCUT2D eigenvalue weighted by atomic mass is 10.4. The Bertz CT molecular complexity index is 246. The molecule has 0 radical (unpaired) electrons. The van der Waals surface area contributed by atoms with Crippen molar-refractivity contribution in [1.82, 2.24) is 9.97 Å². The van der Waals surface area contributed by atoms with Crippen molar-refractivity contribution in [2.45, 2.75) is 0 Å². The summed E-state index contributed by atoms with van der Waals surface area (Å²) in [7, 11) is 0. The van der Waals surface area contributed by atoms with Crippen LogP contribution in [0.5, 0.6) is 0 Å². The molecule has 0 unspecified atom stereocenters. The van der Waals surface area contributed by atoms with Gasteiger partial charge in [0.2, 0.25) is 10.6 Å². The van der Waals surface area contributed by atoms with E-state index in [0.29, 0.717) is 5.56 Å². The van der Waals surface area contributed by atoms with Gasteiger partial charge in [0.1, 0.15) is 0 Å². The smallest absolute Gasteiger partial charge is 0.231 e. The van der Waals surface area contributed by atoms with E-state index < -0.39 is 0 Å². The molecule has 0 aliphatic heterocycles. The number of nitrogens with zero attached hydrogens (tertiary/aromatic N) is 2. The Hall–Kier alpha value is -0.970. The minimum Gasteiger partial charge on any atom is -0.368 e. The monoisotopic (exact) mass is 201 g/mol. The second-order valence-corrected chi connectivity index (χ2v) is 2.32. The van der Waals surface area contributed by atoms with Crippen LogP contribution in [-0.2, 0) is 0 Å². The topological polar surface area (TPSA) is 68.9 Å². The number of anilines is 1. The summed E-state index contributed by atoms with van der Waals surface area (Å²) in [6, 6.07) is 0. The van der Waals surface area contributed by atoms with Crippen LogP contribution >= 0.6 is 15.9 Å². The lowest BCUT2D eigenvalue weighted by Gasteiger charge is -1.91. The molecule has 1 heterocycles. The fourth-order valence-electron chi connectivity index (χ4n) is 0.440. The van der Waals surface area contributed by atoms with E-state index in [1.807, 2.05) is 0 Å². The summed E-state index contributed by atoms with van der Waals surface area (Å²) in [6.07, 6.45) is 2.72. The van der Waals surface area contributed by atoms with E-state index in [2.05, 4.69) is 25.9 Å². The van der Waals surface area contributed by atoms with Crippen molar-refractivity contribution in [1.29, 1.82) is 0 Å². The number of aromatic nitrogens is 2. The molecular weight excluding hydrogens is 198 g/mol. The molecule has 1 aromatic heterocycles. The first kappa shape index (κ1) is 7.14. The fourth-order valence-corrected chi connectivity index (χ4v) is 0.644. The van der Waals surface area contributed by atoms with Gasteiger partial charge in [0.05, 0.1) is 5.56 Å². The molecule has 0 amide bonds. The van der Waals surface area contributed by atoms with E-state index in [-0.39, 0.29) is 10.6 Å². The highest BCUT2D eigenvalue weighted by atomic mass is 79.9. The lowest BCUT2D eigenvalue weighted by molar-refractivity contribution is 0.109. The number of carbonyl (C=O) groups is 1. The second kappa shape index (κ2) is 2.74. The van der Waals surface area contributed by atoms with E-state index in [1.165, 1.54) is 12.4 Å². The molecule has 0 atom stereocenters. The van der Waals surface area contributed by atoms with Gasteiger partial charge in [-0.25, -0.2) is 9.97 Å². The third-order valence-electron chi connectivity index (χ3n) is 0.899. The van der Waals surface area contributed by atoms with Crippen LogP contribution in [-0.4, -0.2) is 14.7 Å². The Morgan fingerprint density at radius 1 is 1.50 bits per heavy atom. The Morgan fingerprint density at radius 2 is 2.00 bits per heavy atom. The molecule has 0 spiro atoms. The summed E-state index contributed by atoms with van der Waals surface area (Å²) in [5, 5.41) is 0. The van der Waals surface area contributed by atoms with Crippen LogP contribution in [0.2, 0.25) is 0 Å². The quantitative estimate of drug-likeness (QED) is 0.676. The van der Waals surface area contributed by atoms with Gasteiger partial charge in [0, 0.05) is 12.4 Å². The first-order chi connectivity index (χ1) is 4.70. The predicted molar refractivity (Wildman–Crippen MR) is 39.7 cm³/mol. The van der Waals surface area contributed by atoms with E-state index in [9.17, 15) is 4.79 Å². The molecule has 0 aromatic carbocycles. The number of rotatable bonds is 1. The van der Waals surface area contributed by atoms with Crippen molar-refractivity contribution in [3.8, 4) is 0 Å². The van der Waals surface area contributed by atoms with Crippen LogP contribution in [0.15, 0.2) is 12.4 Å². The van der Waals surface area contributed by atoms with Gasteiger partial charge in [-0.05, 0) is 15.9 Å². The number of halogens is 1. The molecular formula is C5H4BrN3O. The first-order valence-electron chi connectivity index (χ1n) is 2.47. The number of hydrogen-bond donors (Lipinski definition) is 1. The van der Waals surface area contributed by atoms with Crippen LogP contribution < -0.4 is 5.73 Å². The van der Waals surface area contributed by atoms with E-state index in [1.54, 1.807) is 0 Å². The highest BCUT2D eigenvalue weighted by Gasteiger charge is 1.99. The molecule has 0 saturated heterocycles. The van der Waals surface area contributed by atoms with Gasteiger partial charge in [-0.15, -0.1) is 0 Å². The molecule has 4 nitrogen and oxygen atoms in total. The number of carbonyl (C=O) groups excluding carboxylic acids is 1. The molecule has 0 fully saturated rings. The van der Waals surface area contributed by atoms with Gasteiger partial charge in [0.25, 0.3) is 0 Å². The van der Waals surface area contributed by atoms with Crippen molar-refractivity contribution >= 4 is 26.6 Å². The average Bonchev–Trinajstić information content (AvgIpc) is 1.88. The van der Waals surface area contributed by atoms with Crippen LogP contribution in [0, 0.1) is 0 Å². The maximum absolute atomic E-state index is 10.6. The standard InChI is InChI=1S/C5H4BrN3O/c6-4(10)3-1-8-5(7)9-2-3/h1-2H,(H2,7,8,9). The summed E-state index contributed by atoms with van der Waals surface area (Å²) in [5.74, 6) is 0.164. The molecule has 0 bridgehead atoms. The Kier molecular flexibility index (Phi) is 1.96. The summed E-state index contributed by atoms with van der Waals surface area (Å²) in [5.41, 5.74) is 5.58. The third-order valence-corrected chi connectivity index (χ3v) is 1.36. The zero-order valence-corrected chi connectivity index (χ0v) is 6.50. The molecule has 0 aliphatic rings. The molecule has 5 heteroatoms. The van der Waals surface area contributed by atoms with Crippen LogP contribution in [0.1, 0.15) is 10.4 Å². The molecule has 0 saturated carbocycles. The van der Waals surface area contributed by atoms with E-state index in [0.717, 1.165) is 0 Å². The van der Waals surface area contributed by atoms with Crippen molar-refractivity contribution in [3.63, 3.8) is 0 Å². The highest BCUT2D eigenvalue weighted by Crippen LogP contribution is 2.01. The molecule has 10 heavy (non-hydrogen) atoms. The number of hydrogen-bond acceptors (Lipinski definition) is 4. The zero-order valence-electron chi connectivity index (χ0n) is 4.91. The van der Waals surface area contributed by atoms with Gasteiger partial charge in [-0.1, -0.05) is 0 Å². The van der Waals surface area contributed by atoms with Crippen molar-refractivity contribution in [3.05, 3.63) is 18.0 Å². The maximum atomic E-state index is 10.6. The third kappa shape index (κ3) is 1.51. The summed E-state index contributed by atoms with van der Waals surface area (Å²) in [4.78, 5) is 17.8. The van der Waals surface area contributed by atoms with Crippen LogP contribution in [0.4, 0.5) is 5.95 Å². The summed E-state index contributed by atoms with van der Waals surface area (Å²) < 4.78 is -0.243. The molecule has 1 aromatic rings. The molecule has 0 aliphatic carbocycles. The zero-order chi connectivity index (χ0) is 7.56. The van der Waals surface area contributed by atoms with Gasteiger partial charge in [-0.3, -0.25) is 4.79 Å². The van der Waals surface area contributed by atoms with Gasteiger partial charge in [-0.2, -0.15) is 0 Å². The first-order valence-corrected chi connectivity index (χ1v) is 3.27. The lowest BCUT2D eigenvalue weighted by Crippen LogP contribution is -1.97. The number of nitrogen functional groups attached to an aromatic ring is 1. The van der Waals surface area contributed by atoms with Crippen molar-refractivity contribution in [2.75, 3.05) is 5.73 Å². The van der Waals surface area contributed by atoms with Crippen LogP contribution in [0.25, 0.3) is 0 Å². The normalized spacial score (nSPS) is 9.30. The Labute approximate surface area is 65.6 Å². The Morgan fingerprint density at radius 3 is 2.40 bits per heavy atom. The van der Waals surface area contributed by atoms with Gasteiger partial charge in [0.15, 0.2) is 0 Å². The minimum atomic E-state index is -0.243. The maximum Gasteiger partial charge on any atom is 0.231 e.